The molecule has 1 atom stereocenters. The molecule has 150 valence electrons. The van der Waals surface area contributed by atoms with E-state index in [4.69, 9.17) is 4.74 Å². The molecule has 0 aliphatic heterocycles. The number of pyridine rings is 1. The maximum Gasteiger partial charge on any atom is 0.230 e. The van der Waals surface area contributed by atoms with Gasteiger partial charge in [-0.1, -0.05) is 12.1 Å². The summed E-state index contributed by atoms with van der Waals surface area (Å²) in [6.45, 7) is 0. The Morgan fingerprint density at radius 2 is 2.17 bits per heavy atom. The standard InChI is InChI=1S/C20H20N4O3S2/c1-27-18-9-13(14-3-2-8-21-11-14)4-7-17(18)23-19(25)10-15-12-28-20(22-15)24-29(26)16-5-6-16/h2-4,7-9,11-12,16H,5-6,10H2,1H3,(H,22,24)(H,23,25). The SMILES string of the molecule is COc1cc(-c2cccnc2)ccc1NC(=O)Cc1csc(NS(=O)C2CC2)n1. The van der Waals surface area contributed by atoms with Crippen LogP contribution >= 0.6 is 11.3 Å². The first kappa shape index (κ1) is 19.5. The average Bonchev–Trinajstić information content (AvgIpc) is 3.50. The van der Waals surface area contributed by atoms with Crippen LogP contribution in [0.3, 0.4) is 0 Å². The van der Waals surface area contributed by atoms with Crippen molar-refractivity contribution in [2.45, 2.75) is 24.5 Å². The molecule has 0 radical (unpaired) electrons. The minimum absolute atomic E-state index is 0.127. The summed E-state index contributed by atoms with van der Waals surface area (Å²) in [6, 6.07) is 9.42. The van der Waals surface area contributed by atoms with Gasteiger partial charge in [-0.3, -0.25) is 14.5 Å². The number of benzene rings is 1. The predicted octanol–water partition coefficient (Wildman–Crippen LogP) is 3.63. The van der Waals surface area contributed by atoms with Gasteiger partial charge in [-0.25, -0.2) is 9.19 Å². The third kappa shape index (κ3) is 4.99. The van der Waals surface area contributed by atoms with Crippen molar-refractivity contribution < 1.29 is 13.7 Å². The molecule has 1 saturated carbocycles. The zero-order valence-corrected chi connectivity index (χ0v) is 17.4. The Bertz CT molecular complexity index is 1040. The third-order valence-corrected chi connectivity index (χ3v) is 6.79. The summed E-state index contributed by atoms with van der Waals surface area (Å²) >= 11 is 1.35. The monoisotopic (exact) mass is 428 g/mol. The molecular weight excluding hydrogens is 408 g/mol. The Kier molecular flexibility index (Phi) is 5.86. The first-order valence-corrected chi connectivity index (χ1v) is 11.2. The molecule has 2 N–H and O–H groups in total. The number of methoxy groups -OCH3 is 1. The Labute approximate surface area is 175 Å². The van der Waals surface area contributed by atoms with Crippen molar-refractivity contribution in [3.63, 3.8) is 0 Å². The predicted molar refractivity (Wildman–Crippen MR) is 115 cm³/mol. The van der Waals surface area contributed by atoms with Crippen molar-refractivity contribution in [1.29, 1.82) is 0 Å². The summed E-state index contributed by atoms with van der Waals surface area (Å²) in [7, 11) is 0.477. The van der Waals surface area contributed by atoms with Gasteiger partial charge in [0.2, 0.25) is 5.91 Å². The van der Waals surface area contributed by atoms with Crippen LogP contribution in [0.25, 0.3) is 11.1 Å². The van der Waals surface area contributed by atoms with Crippen LogP contribution in [-0.4, -0.2) is 32.4 Å². The van der Waals surface area contributed by atoms with Gasteiger partial charge in [0, 0.05) is 23.3 Å². The Morgan fingerprint density at radius 1 is 1.31 bits per heavy atom. The zero-order chi connectivity index (χ0) is 20.2. The maximum absolute atomic E-state index is 12.5. The van der Waals surface area contributed by atoms with Crippen LogP contribution in [0.4, 0.5) is 10.8 Å². The first-order valence-electron chi connectivity index (χ1n) is 9.12. The van der Waals surface area contributed by atoms with Crippen LogP contribution in [0.15, 0.2) is 48.1 Å². The quantitative estimate of drug-likeness (QED) is 0.571. The molecule has 3 aromatic rings. The van der Waals surface area contributed by atoms with E-state index < -0.39 is 11.0 Å². The number of aromatic nitrogens is 2. The fourth-order valence-corrected chi connectivity index (χ4v) is 4.69. The van der Waals surface area contributed by atoms with Gasteiger partial charge in [0.05, 0.1) is 30.2 Å². The van der Waals surface area contributed by atoms with E-state index in [1.807, 2.05) is 30.3 Å². The van der Waals surface area contributed by atoms with Gasteiger partial charge in [0.25, 0.3) is 0 Å². The number of hydrogen-bond donors (Lipinski definition) is 2. The lowest BCUT2D eigenvalue weighted by Crippen LogP contribution is -2.15. The minimum atomic E-state index is -1.09. The lowest BCUT2D eigenvalue weighted by Gasteiger charge is -2.12. The molecule has 1 fully saturated rings. The highest BCUT2D eigenvalue weighted by molar-refractivity contribution is 7.87. The van der Waals surface area contributed by atoms with E-state index in [2.05, 4.69) is 20.0 Å². The van der Waals surface area contributed by atoms with E-state index in [0.717, 1.165) is 24.0 Å². The maximum atomic E-state index is 12.5. The molecule has 1 aliphatic carbocycles. The number of nitrogens with zero attached hydrogens (tertiary/aromatic N) is 2. The molecule has 9 heteroatoms. The number of anilines is 2. The molecular formula is C20H20N4O3S2. The number of carbonyl (C=O) groups excluding carboxylic acids is 1. The molecule has 0 spiro atoms. The van der Waals surface area contributed by atoms with Crippen LogP contribution in [0.5, 0.6) is 5.75 Å². The van der Waals surface area contributed by atoms with Crippen molar-refractivity contribution in [1.82, 2.24) is 9.97 Å². The highest BCUT2D eigenvalue weighted by atomic mass is 32.2. The van der Waals surface area contributed by atoms with Crippen molar-refractivity contribution in [2.24, 2.45) is 0 Å². The zero-order valence-electron chi connectivity index (χ0n) is 15.8. The molecule has 29 heavy (non-hydrogen) atoms. The number of ether oxygens (including phenoxy) is 1. The fourth-order valence-electron chi connectivity index (χ4n) is 2.75. The number of rotatable bonds is 8. The largest absolute Gasteiger partial charge is 0.495 e. The van der Waals surface area contributed by atoms with Crippen LogP contribution in [0.1, 0.15) is 18.5 Å². The molecule has 1 unspecified atom stereocenters. The Morgan fingerprint density at radius 3 is 2.90 bits per heavy atom. The van der Waals surface area contributed by atoms with Crippen LogP contribution in [-0.2, 0) is 22.2 Å². The molecule has 0 bridgehead atoms. The molecule has 1 amide bonds. The molecule has 1 aromatic carbocycles. The van der Waals surface area contributed by atoms with Gasteiger partial charge in [-0.15, -0.1) is 11.3 Å². The summed E-state index contributed by atoms with van der Waals surface area (Å²) in [4.78, 5) is 20.9. The van der Waals surface area contributed by atoms with Gasteiger partial charge in [-0.2, -0.15) is 0 Å². The molecule has 2 heterocycles. The number of nitrogens with one attached hydrogen (secondary N) is 2. The number of amides is 1. The van der Waals surface area contributed by atoms with E-state index >= 15 is 0 Å². The Balaban J connectivity index is 1.40. The van der Waals surface area contributed by atoms with Gasteiger partial charge in [0.1, 0.15) is 16.7 Å². The summed E-state index contributed by atoms with van der Waals surface area (Å²) in [5.74, 6) is 0.373. The molecule has 7 nitrogen and oxygen atoms in total. The molecule has 1 aliphatic rings. The Hall–Kier alpha value is -2.78. The molecule has 4 rings (SSSR count). The van der Waals surface area contributed by atoms with Crippen molar-refractivity contribution in [2.75, 3.05) is 17.1 Å². The van der Waals surface area contributed by atoms with E-state index in [1.54, 1.807) is 24.9 Å². The summed E-state index contributed by atoms with van der Waals surface area (Å²) in [5.41, 5.74) is 3.14. The fraction of sp³-hybridized carbons (Fsp3) is 0.250. The van der Waals surface area contributed by atoms with Crippen LogP contribution in [0.2, 0.25) is 0 Å². The van der Waals surface area contributed by atoms with Crippen molar-refractivity contribution in [3.05, 3.63) is 53.8 Å². The summed E-state index contributed by atoms with van der Waals surface area (Å²) in [6.07, 6.45) is 5.60. The van der Waals surface area contributed by atoms with Crippen molar-refractivity contribution in [3.8, 4) is 16.9 Å². The van der Waals surface area contributed by atoms with E-state index in [0.29, 0.717) is 22.3 Å². The van der Waals surface area contributed by atoms with Crippen molar-refractivity contribution >= 4 is 39.0 Å². The van der Waals surface area contributed by atoms with Gasteiger partial charge >= 0.3 is 0 Å². The van der Waals surface area contributed by atoms with Gasteiger partial charge < -0.3 is 10.1 Å². The second-order valence-electron chi connectivity index (χ2n) is 6.62. The van der Waals surface area contributed by atoms with E-state index in [-0.39, 0.29) is 17.6 Å². The topological polar surface area (TPSA) is 93.2 Å². The molecule has 0 saturated heterocycles. The van der Waals surface area contributed by atoms with Crippen LogP contribution < -0.4 is 14.8 Å². The summed E-state index contributed by atoms with van der Waals surface area (Å²) < 4.78 is 20.3. The second-order valence-corrected chi connectivity index (χ2v) is 8.95. The van der Waals surface area contributed by atoms with Gasteiger partial charge in [0.15, 0.2) is 5.13 Å². The first-order chi connectivity index (χ1) is 14.1. The highest BCUT2D eigenvalue weighted by Crippen LogP contribution is 2.31. The van der Waals surface area contributed by atoms with Crippen LogP contribution in [0, 0.1) is 0 Å². The molecule has 2 aromatic heterocycles. The average molecular weight is 429 g/mol. The minimum Gasteiger partial charge on any atom is -0.495 e. The van der Waals surface area contributed by atoms with E-state index in [9.17, 15) is 9.00 Å². The highest BCUT2D eigenvalue weighted by Gasteiger charge is 2.29. The number of hydrogen-bond acceptors (Lipinski definition) is 6. The lowest BCUT2D eigenvalue weighted by atomic mass is 10.1. The second kappa shape index (κ2) is 8.71. The lowest BCUT2D eigenvalue weighted by molar-refractivity contribution is -0.115. The normalized spacial score (nSPS) is 14.2. The van der Waals surface area contributed by atoms with E-state index in [1.165, 1.54) is 11.3 Å². The third-order valence-electron chi connectivity index (χ3n) is 4.38. The number of thiazole rings is 1. The smallest absolute Gasteiger partial charge is 0.230 e. The van der Waals surface area contributed by atoms with Gasteiger partial charge in [-0.05, 0) is 36.6 Å². The number of carbonyl (C=O) groups is 1. The summed E-state index contributed by atoms with van der Waals surface area (Å²) in [5, 5.41) is 5.48.